The fraction of sp³-hybridized carbons (Fsp3) is 0.909. The lowest BCUT2D eigenvalue weighted by Gasteiger charge is -2.30. The molecule has 0 aromatic carbocycles. The molecule has 100 valence electrons. The Morgan fingerprint density at radius 3 is 2.71 bits per heavy atom. The normalized spacial score (nSPS) is 17.5. The number of rotatable bonds is 5. The summed E-state index contributed by atoms with van der Waals surface area (Å²) in [7, 11) is 0. The molecule has 1 rings (SSSR count). The number of carbonyl (C=O) groups excluding carboxylic acids is 1. The van der Waals surface area contributed by atoms with Crippen molar-refractivity contribution in [3.05, 3.63) is 0 Å². The summed E-state index contributed by atoms with van der Waals surface area (Å²) in [6.07, 6.45) is -0.404. The van der Waals surface area contributed by atoms with Crippen molar-refractivity contribution in [2.45, 2.75) is 26.2 Å². The topological polar surface area (TPSA) is 41.6 Å². The van der Waals surface area contributed by atoms with E-state index in [0.717, 1.165) is 25.9 Å². The van der Waals surface area contributed by atoms with E-state index < -0.39 is 13.0 Å². The Morgan fingerprint density at radius 2 is 2.12 bits per heavy atom. The average Bonchev–Trinajstić information content (AvgIpc) is 2.29. The highest BCUT2D eigenvalue weighted by Gasteiger charge is 2.19. The molecule has 1 N–H and O–H groups in total. The van der Waals surface area contributed by atoms with Gasteiger partial charge in [-0.25, -0.2) is 13.6 Å². The van der Waals surface area contributed by atoms with Gasteiger partial charge in [0.2, 0.25) is 0 Å². The van der Waals surface area contributed by atoms with Crippen LogP contribution in [0.5, 0.6) is 0 Å². The molecule has 1 saturated heterocycles. The number of nitrogens with one attached hydrogen (secondary N) is 1. The van der Waals surface area contributed by atoms with Crippen LogP contribution in [0, 0.1) is 5.92 Å². The molecule has 0 spiro atoms. The molecule has 4 nitrogen and oxygen atoms in total. The zero-order valence-electron chi connectivity index (χ0n) is 10.1. The number of likely N-dealkylation sites (tertiary alicyclic amines) is 1. The molecule has 0 aliphatic carbocycles. The van der Waals surface area contributed by atoms with Crippen molar-refractivity contribution in [2.24, 2.45) is 5.92 Å². The molecule has 1 aliphatic heterocycles. The van der Waals surface area contributed by atoms with Gasteiger partial charge in [-0.3, -0.25) is 0 Å². The van der Waals surface area contributed by atoms with Gasteiger partial charge in [0.1, 0.15) is 6.61 Å². The van der Waals surface area contributed by atoms with E-state index in [0.29, 0.717) is 5.92 Å². The molecule has 0 bridgehead atoms. The lowest BCUT2D eigenvalue weighted by atomic mass is 10.00. The largest absolute Gasteiger partial charge is 0.374 e. The van der Waals surface area contributed by atoms with Crippen molar-refractivity contribution in [3.63, 3.8) is 0 Å². The van der Waals surface area contributed by atoms with Gasteiger partial charge in [0.15, 0.2) is 0 Å². The molecular weight excluding hydrogens is 230 g/mol. The molecular formula is C11H20F2N2O2. The fourth-order valence-electron chi connectivity index (χ4n) is 1.73. The highest BCUT2D eigenvalue weighted by Crippen LogP contribution is 2.15. The van der Waals surface area contributed by atoms with Crippen molar-refractivity contribution in [1.82, 2.24) is 10.2 Å². The van der Waals surface area contributed by atoms with Crippen molar-refractivity contribution < 1.29 is 18.3 Å². The van der Waals surface area contributed by atoms with Crippen molar-refractivity contribution in [3.8, 4) is 0 Å². The van der Waals surface area contributed by atoms with E-state index in [4.69, 9.17) is 0 Å². The second kappa shape index (κ2) is 7.42. The SMILES string of the molecule is CC1CCN(C(=O)NCCOCC(F)F)CC1. The van der Waals surface area contributed by atoms with Gasteiger partial charge in [0.05, 0.1) is 6.61 Å². The number of carbonyl (C=O) groups is 1. The van der Waals surface area contributed by atoms with Crippen LogP contribution in [0.15, 0.2) is 0 Å². The third-order valence-electron chi connectivity index (χ3n) is 2.84. The van der Waals surface area contributed by atoms with Crippen LogP contribution in [0.1, 0.15) is 19.8 Å². The first-order valence-corrected chi connectivity index (χ1v) is 5.98. The van der Waals surface area contributed by atoms with E-state index in [1.54, 1.807) is 4.90 Å². The third kappa shape index (κ3) is 5.81. The van der Waals surface area contributed by atoms with Crippen LogP contribution >= 0.6 is 0 Å². The Balaban J connectivity index is 2.05. The average molecular weight is 250 g/mol. The molecule has 1 aliphatic rings. The van der Waals surface area contributed by atoms with E-state index in [-0.39, 0.29) is 19.2 Å². The van der Waals surface area contributed by atoms with E-state index in [2.05, 4.69) is 17.0 Å². The number of hydrogen-bond acceptors (Lipinski definition) is 2. The second-order valence-electron chi connectivity index (χ2n) is 4.37. The van der Waals surface area contributed by atoms with Crippen LogP contribution < -0.4 is 5.32 Å². The van der Waals surface area contributed by atoms with Crippen LogP contribution in [0.3, 0.4) is 0 Å². The number of piperidine rings is 1. The molecule has 0 radical (unpaired) electrons. The molecule has 17 heavy (non-hydrogen) atoms. The Labute approximate surface area is 100 Å². The minimum Gasteiger partial charge on any atom is -0.374 e. The fourth-order valence-corrected chi connectivity index (χ4v) is 1.73. The van der Waals surface area contributed by atoms with Crippen molar-refractivity contribution in [1.29, 1.82) is 0 Å². The van der Waals surface area contributed by atoms with Gasteiger partial charge in [-0.2, -0.15) is 0 Å². The zero-order chi connectivity index (χ0) is 12.7. The second-order valence-corrected chi connectivity index (χ2v) is 4.37. The number of ether oxygens (including phenoxy) is 1. The maximum absolute atomic E-state index is 11.7. The molecule has 0 saturated carbocycles. The van der Waals surface area contributed by atoms with Gasteiger partial charge in [-0.1, -0.05) is 6.92 Å². The van der Waals surface area contributed by atoms with E-state index in [9.17, 15) is 13.6 Å². The summed E-state index contributed by atoms with van der Waals surface area (Å²) >= 11 is 0. The number of urea groups is 1. The molecule has 6 heteroatoms. The number of halogens is 2. The first kappa shape index (κ1) is 14.2. The minimum atomic E-state index is -2.45. The van der Waals surface area contributed by atoms with Gasteiger partial charge in [0.25, 0.3) is 6.43 Å². The Kier molecular flexibility index (Phi) is 6.18. The summed E-state index contributed by atoms with van der Waals surface area (Å²) in [6, 6.07) is -0.127. The Hall–Kier alpha value is -0.910. The van der Waals surface area contributed by atoms with Crippen LogP contribution in [-0.2, 0) is 4.74 Å². The lowest BCUT2D eigenvalue weighted by molar-refractivity contribution is 0.0190. The first-order chi connectivity index (χ1) is 8.09. The standard InChI is InChI=1S/C11H20F2N2O2/c1-9-2-5-15(6-3-9)11(16)14-4-7-17-8-10(12)13/h9-10H,2-8H2,1H3,(H,14,16). The van der Waals surface area contributed by atoms with E-state index in [1.165, 1.54) is 0 Å². The summed E-state index contributed by atoms with van der Waals surface area (Å²) in [5, 5.41) is 2.66. The summed E-state index contributed by atoms with van der Waals surface area (Å²) in [5.74, 6) is 0.674. The highest BCUT2D eigenvalue weighted by atomic mass is 19.3. The van der Waals surface area contributed by atoms with Crippen molar-refractivity contribution in [2.75, 3.05) is 32.8 Å². The summed E-state index contributed by atoms with van der Waals surface area (Å²) < 4.78 is 28.1. The lowest BCUT2D eigenvalue weighted by Crippen LogP contribution is -2.45. The van der Waals surface area contributed by atoms with Crippen LogP contribution in [0.4, 0.5) is 13.6 Å². The molecule has 0 aromatic heterocycles. The molecule has 1 fully saturated rings. The van der Waals surface area contributed by atoms with Crippen molar-refractivity contribution >= 4 is 6.03 Å². The molecule has 2 amide bonds. The summed E-state index contributed by atoms with van der Waals surface area (Å²) in [4.78, 5) is 13.4. The van der Waals surface area contributed by atoms with Gasteiger partial charge in [-0.05, 0) is 18.8 Å². The van der Waals surface area contributed by atoms with Gasteiger partial charge in [-0.15, -0.1) is 0 Å². The predicted molar refractivity (Wildman–Crippen MR) is 60.2 cm³/mol. The summed E-state index contributed by atoms with van der Waals surface area (Å²) in [5.41, 5.74) is 0. The number of nitrogens with zero attached hydrogens (tertiary/aromatic N) is 1. The first-order valence-electron chi connectivity index (χ1n) is 5.98. The van der Waals surface area contributed by atoms with E-state index >= 15 is 0 Å². The smallest absolute Gasteiger partial charge is 0.317 e. The predicted octanol–water partition coefficient (Wildman–Crippen LogP) is 1.71. The monoisotopic (exact) mass is 250 g/mol. The Morgan fingerprint density at radius 1 is 1.47 bits per heavy atom. The zero-order valence-corrected chi connectivity index (χ0v) is 10.1. The van der Waals surface area contributed by atoms with Crippen LogP contribution in [0.2, 0.25) is 0 Å². The quantitative estimate of drug-likeness (QED) is 0.755. The summed E-state index contributed by atoms with van der Waals surface area (Å²) in [6.45, 7) is 3.54. The van der Waals surface area contributed by atoms with E-state index in [1.807, 2.05) is 0 Å². The minimum absolute atomic E-state index is 0.125. The number of amides is 2. The maximum atomic E-state index is 11.7. The van der Waals surface area contributed by atoms with Gasteiger partial charge < -0.3 is 15.0 Å². The third-order valence-corrected chi connectivity index (χ3v) is 2.84. The van der Waals surface area contributed by atoms with Crippen LogP contribution in [-0.4, -0.2) is 50.2 Å². The highest BCUT2D eigenvalue weighted by molar-refractivity contribution is 5.74. The molecule has 0 unspecified atom stereocenters. The molecule has 0 aromatic rings. The Bertz CT molecular complexity index is 232. The molecule has 1 heterocycles. The molecule has 0 atom stereocenters. The van der Waals surface area contributed by atoms with Gasteiger partial charge in [0, 0.05) is 19.6 Å². The van der Waals surface area contributed by atoms with Crippen LogP contribution in [0.25, 0.3) is 0 Å². The van der Waals surface area contributed by atoms with Gasteiger partial charge >= 0.3 is 6.03 Å². The number of hydrogen-bond donors (Lipinski definition) is 1. The number of alkyl halides is 2. The maximum Gasteiger partial charge on any atom is 0.317 e.